The molecule has 1 aromatic carbocycles. The predicted molar refractivity (Wildman–Crippen MR) is 73.5 cm³/mol. The summed E-state index contributed by atoms with van der Waals surface area (Å²) in [7, 11) is 0. The highest BCUT2D eigenvalue weighted by molar-refractivity contribution is 5.28. The Morgan fingerprint density at radius 3 is 2.35 bits per heavy atom. The normalized spacial score (nSPS) is 21.5. The molecule has 1 aliphatic heterocycles. The molecule has 0 radical (unpaired) electrons. The van der Waals surface area contributed by atoms with E-state index in [-0.39, 0.29) is 5.41 Å². The Hall–Kier alpha value is -0.860. The fraction of sp³-hybridized carbons (Fsp3) is 0.600. The maximum absolute atomic E-state index is 3.55. The van der Waals surface area contributed by atoms with E-state index in [1.807, 2.05) is 0 Å². The van der Waals surface area contributed by atoms with Crippen molar-refractivity contribution in [1.29, 1.82) is 0 Å². The molecule has 1 saturated heterocycles. The van der Waals surface area contributed by atoms with Gasteiger partial charge >= 0.3 is 0 Å². The third-order valence-electron chi connectivity index (χ3n) is 3.43. The lowest BCUT2D eigenvalue weighted by Gasteiger charge is -2.25. The highest BCUT2D eigenvalue weighted by atomic mass is 15.0. The molecule has 0 aromatic heterocycles. The molecule has 0 saturated carbocycles. The van der Waals surface area contributed by atoms with Crippen molar-refractivity contribution in [2.24, 2.45) is 0 Å². The number of benzene rings is 1. The number of piperazine rings is 1. The van der Waals surface area contributed by atoms with Gasteiger partial charge < -0.3 is 10.6 Å². The molecular weight excluding hydrogens is 208 g/mol. The highest BCUT2D eigenvalue weighted by Crippen LogP contribution is 2.22. The summed E-state index contributed by atoms with van der Waals surface area (Å²) in [5.74, 6) is 0. The molecule has 1 heterocycles. The first kappa shape index (κ1) is 12.6. The van der Waals surface area contributed by atoms with E-state index >= 15 is 0 Å². The molecule has 0 bridgehead atoms. The second-order valence-corrected chi connectivity index (χ2v) is 6.01. The fourth-order valence-corrected chi connectivity index (χ4v) is 2.28. The van der Waals surface area contributed by atoms with Crippen LogP contribution in [0.2, 0.25) is 0 Å². The smallest absolute Gasteiger partial charge is 0.0233 e. The minimum Gasteiger partial charge on any atom is -0.314 e. The Morgan fingerprint density at radius 2 is 1.82 bits per heavy atom. The van der Waals surface area contributed by atoms with E-state index in [1.54, 1.807) is 0 Å². The lowest BCUT2D eigenvalue weighted by Crippen LogP contribution is -2.49. The molecule has 2 N–H and O–H groups in total. The van der Waals surface area contributed by atoms with Gasteiger partial charge in [0.1, 0.15) is 0 Å². The van der Waals surface area contributed by atoms with Crippen molar-refractivity contribution in [1.82, 2.24) is 10.6 Å². The van der Waals surface area contributed by atoms with Crippen LogP contribution in [0.25, 0.3) is 0 Å². The minimum absolute atomic E-state index is 0.253. The maximum atomic E-state index is 3.55. The van der Waals surface area contributed by atoms with Crippen molar-refractivity contribution < 1.29 is 0 Å². The second-order valence-electron chi connectivity index (χ2n) is 6.01. The van der Waals surface area contributed by atoms with Gasteiger partial charge in [0.25, 0.3) is 0 Å². The van der Waals surface area contributed by atoms with Gasteiger partial charge in [-0.3, -0.25) is 0 Å². The van der Waals surface area contributed by atoms with Gasteiger partial charge in [-0.1, -0.05) is 45.0 Å². The van der Waals surface area contributed by atoms with Crippen molar-refractivity contribution in [2.75, 3.05) is 19.6 Å². The standard InChI is InChI=1S/C15H24N2/c1-15(2,3)13-6-4-12(5-7-13)10-14-11-16-8-9-17-14/h4-7,14,16-17H,8-11H2,1-3H3. The topological polar surface area (TPSA) is 24.1 Å². The van der Waals surface area contributed by atoms with Crippen LogP contribution in [0.15, 0.2) is 24.3 Å². The van der Waals surface area contributed by atoms with E-state index in [0.717, 1.165) is 26.1 Å². The highest BCUT2D eigenvalue weighted by Gasteiger charge is 2.15. The first-order chi connectivity index (χ1) is 8.05. The van der Waals surface area contributed by atoms with E-state index in [4.69, 9.17) is 0 Å². The zero-order valence-corrected chi connectivity index (χ0v) is 11.2. The van der Waals surface area contributed by atoms with Gasteiger partial charge in [-0.25, -0.2) is 0 Å². The number of hydrogen-bond acceptors (Lipinski definition) is 2. The molecule has 1 fully saturated rings. The predicted octanol–water partition coefficient (Wildman–Crippen LogP) is 2.09. The van der Waals surface area contributed by atoms with Crippen LogP contribution in [0.5, 0.6) is 0 Å². The van der Waals surface area contributed by atoms with Crippen LogP contribution < -0.4 is 10.6 Å². The Kier molecular flexibility index (Phi) is 3.85. The molecule has 17 heavy (non-hydrogen) atoms. The van der Waals surface area contributed by atoms with Crippen LogP contribution in [-0.2, 0) is 11.8 Å². The Balaban J connectivity index is 1.98. The monoisotopic (exact) mass is 232 g/mol. The molecule has 0 aliphatic carbocycles. The molecule has 2 rings (SSSR count). The number of nitrogens with one attached hydrogen (secondary N) is 2. The van der Waals surface area contributed by atoms with E-state index in [9.17, 15) is 0 Å². The molecule has 1 unspecified atom stereocenters. The molecule has 94 valence electrons. The summed E-state index contributed by atoms with van der Waals surface area (Å²) < 4.78 is 0. The van der Waals surface area contributed by atoms with E-state index in [1.165, 1.54) is 11.1 Å². The average molecular weight is 232 g/mol. The number of hydrogen-bond donors (Lipinski definition) is 2. The summed E-state index contributed by atoms with van der Waals surface area (Å²) in [6, 6.07) is 9.68. The van der Waals surface area contributed by atoms with Gasteiger partial charge in [0.15, 0.2) is 0 Å². The van der Waals surface area contributed by atoms with Crippen LogP contribution in [0.4, 0.5) is 0 Å². The third kappa shape index (κ3) is 3.55. The summed E-state index contributed by atoms with van der Waals surface area (Å²) >= 11 is 0. The van der Waals surface area contributed by atoms with Crippen molar-refractivity contribution in [3.8, 4) is 0 Å². The van der Waals surface area contributed by atoms with Gasteiger partial charge in [0, 0.05) is 25.7 Å². The quantitative estimate of drug-likeness (QED) is 0.816. The largest absolute Gasteiger partial charge is 0.314 e. The van der Waals surface area contributed by atoms with Gasteiger partial charge in [0.05, 0.1) is 0 Å². The lowest BCUT2D eigenvalue weighted by molar-refractivity contribution is 0.416. The van der Waals surface area contributed by atoms with Crippen LogP contribution in [0.3, 0.4) is 0 Å². The van der Waals surface area contributed by atoms with Crippen LogP contribution in [0, 0.1) is 0 Å². The molecule has 1 aliphatic rings. The van der Waals surface area contributed by atoms with Crippen LogP contribution in [0.1, 0.15) is 31.9 Å². The van der Waals surface area contributed by atoms with Crippen LogP contribution in [-0.4, -0.2) is 25.7 Å². The number of rotatable bonds is 2. The molecule has 2 heteroatoms. The average Bonchev–Trinajstić information content (AvgIpc) is 2.30. The first-order valence-electron chi connectivity index (χ1n) is 6.59. The van der Waals surface area contributed by atoms with Crippen molar-refractivity contribution >= 4 is 0 Å². The van der Waals surface area contributed by atoms with Gasteiger partial charge in [-0.2, -0.15) is 0 Å². The first-order valence-corrected chi connectivity index (χ1v) is 6.59. The summed E-state index contributed by atoms with van der Waals surface area (Å²) in [4.78, 5) is 0. The zero-order valence-electron chi connectivity index (χ0n) is 11.2. The zero-order chi connectivity index (χ0) is 12.3. The van der Waals surface area contributed by atoms with Crippen molar-refractivity contribution in [3.63, 3.8) is 0 Å². The van der Waals surface area contributed by atoms with Gasteiger partial charge in [0.2, 0.25) is 0 Å². The van der Waals surface area contributed by atoms with Gasteiger partial charge in [-0.15, -0.1) is 0 Å². The summed E-state index contributed by atoms with van der Waals surface area (Å²) in [5, 5.41) is 6.98. The molecule has 0 spiro atoms. The van der Waals surface area contributed by atoms with Crippen molar-refractivity contribution in [3.05, 3.63) is 35.4 Å². The third-order valence-corrected chi connectivity index (χ3v) is 3.43. The summed E-state index contributed by atoms with van der Waals surface area (Å²) in [5.41, 5.74) is 3.10. The second kappa shape index (κ2) is 5.19. The fourth-order valence-electron chi connectivity index (χ4n) is 2.28. The van der Waals surface area contributed by atoms with E-state index in [2.05, 4.69) is 55.7 Å². The Morgan fingerprint density at radius 1 is 1.12 bits per heavy atom. The summed E-state index contributed by atoms with van der Waals surface area (Å²) in [6.45, 7) is 10.0. The molecule has 0 amide bonds. The van der Waals surface area contributed by atoms with E-state index in [0.29, 0.717) is 6.04 Å². The van der Waals surface area contributed by atoms with E-state index < -0.39 is 0 Å². The molecule has 2 nitrogen and oxygen atoms in total. The lowest BCUT2D eigenvalue weighted by atomic mass is 9.86. The molecular formula is C15H24N2. The molecule has 1 aromatic rings. The van der Waals surface area contributed by atoms with Crippen LogP contribution >= 0.6 is 0 Å². The maximum Gasteiger partial charge on any atom is 0.0233 e. The SMILES string of the molecule is CC(C)(C)c1ccc(CC2CNCCN2)cc1. The molecule has 1 atom stereocenters. The minimum atomic E-state index is 0.253. The van der Waals surface area contributed by atoms with Gasteiger partial charge in [-0.05, 0) is 23.0 Å². The summed E-state index contributed by atoms with van der Waals surface area (Å²) in [6.07, 6.45) is 1.12. The Labute approximate surface area is 105 Å². The van der Waals surface area contributed by atoms with Crippen molar-refractivity contribution in [2.45, 2.75) is 38.6 Å². The Bertz CT molecular complexity index is 342.